The van der Waals surface area contributed by atoms with Gasteiger partial charge in [0.15, 0.2) is 0 Å². The lowest BCUT2D eigenvalue weighted by Crippen LogP contribution is -2.47. The molecule has 0 aliphatic carbocycles. The highest BCUT2D eigenvalue weighted by molar-refractivity contribution is 6.06. The minimum atomic E-state index is -0.254. The Labute approximate surface area is 230 Å². The van der Waals surface area contributed by atoms with Crippen LogP contribution in [0.2, 0.25) is 0 Å². The van der Waals surface area contributed by atoms with E-state index in [-0.39, 0.29) is 11.8 Å². The van der Waals surface area contributed by atoms with E-state index in [9.17, 15) is 9.59 Å². The smallest absolute Gasteiger partial charge is 0.256 e. The third-order valence-electron chi connectivity index (χ3n) is 7.32. The van der Waals surface area contributed by atoms with Gasteiger partial charge >= 0.3 is 0 Å². The number of piperazine rings is 1. The summed E-state index contributed by atoms with van der Waals surface area (Å²) in [6.07, 6.45) is 0. The summed E-state index contributed by atoms with van der Waals surface area (Å²) in [7, 11) is 1.57. The number of hydrogen-bond acceptors (Lipinski definition) is 6. The molecule has 1 N–H and O–H groups in total. The van der Waals surface area contributed by atoms with Crippen molar-refractivity contribution in [1.82, 2.24) is 9.80 Å². The number of carbonyl (C=O) groups is 2. The molecule has 0 saturated carbocycles. The molecule has 39 heavy (non-hydrogen) atoms. The molecule has 5 rings (SSSR count). The fraction of sp³-hybridized carbons (Fsp3) is 0.355. The van der Waals surface area contributed by atoms with Gasteiger partial charge in [0.05, 0.1) is 25.9 Å². The molecule has 3 aromatic carbocycles. The van der Waals surface area contributed by atoms with Gasteiger partial charge in [-0.05, 0) is 48.9 Å². The van der Waals surface area contributed by atoms with E-state index in [1.54, 1.807) is 31.4 Å². The fourth-order valence-corrected chi connectivity index (χ4v) is 5.18. The van der Waals surface area contributed by atoms with Crippen LogP contribution < -0.4 is 15.0 Å². The standard InChI is InChI=1S/C31H36N4O4/c1-23-5-3-6-24(19-23)22-33-11-13-34(14-12-33)29-10-9-26(21-28(29)31(37)35-15-17-39-18-16-35)32-30(36)25-7-4-8-27(20-25)38-2/h3-10,19-21H,11-18,22H2,1-2H3,(H,32,36). The average molecular weight is 529 g/mol. The maximum Gasteiger partial charge on any atom is 0.256 e. The second-order valence-electron chi connectivity index (χ2n) is 10.1. The second kappa shape index (κ2) is 12.3. The van der Waals surface area contributed by atoms with Crippen molar-refractivity contribution in [1.29, 1.82) is 0 Å². The maximum absolute atomic E-state index is 13.7. The summed E-state index contributed by atoms with van der Waals surface area (Å²) in [6, 6.07) is 21.3. The Bertz CT molecular complexity index is 1310. The number of aryl methyl sites for hydroxylation is 1. The topological polar surface area (TPSA) is 74.4 Å². The van der Waals surface area contributed by atoms with Crippen molar-refractivity contribution in [2.75, 3.05) is 69.8 Å². The van der Waals surface area contributed by atoms with E-state index in [0.717, 1.165) is 38.4 Å². The fourth-order valence-electron chi connectivity index (χ4n) is 5.18. The number of rotatable bonds is 7. The molecule has 0 bridgehead atoms. The number of morpholine rings is 1. The summed E-state index contributed by atoms with van der Waals surface area (Å²) in [5, 5.41) is 2.96. The number of anilines is 2. The predicted molar refractivity (Wildman–Crippen MR) is 153 cm³/mol. The first kappa shape index (κ1) is 26.7. The molecule has 3 aromatic rings. The van der Waals surface area contributed by atoms with Crippen LogP contribution in [-0.4, -0.2) is 81.2 Å². The lowest BCUT2D eigenvalue weighted by Gasteiger charge is -2.37. The highest BCUT2D eigenvalue weighted by Crippen LogP contribution is 2.28. The van der Waals surface area contributed by atoms with Crippen LogP contribution in [0.25, 0.3) is 0 Å². The van der Waals surface area contributed by atoms with E-state index in [2.05, 4.69) is 46.3 Å². The summed E-state index contributed by atoms with van der Waals surface area (Å²) in [5.74, 6) is 0.326. The van der Waals surface area contributed by atoms with Crippen molar-refractivity contribution in [2.24, 2.45) is 0 Å². The number of nitrogens with zero attached hydrogens (tertiary/aromatic N) is 3. The Morgan fingerprint density at radius 3 is 2.41 bits per heavy atom. The number of ether oxygens (including phenoxy) is 2. The molecule has 0 unspecified atom stereocenters. The molecule has 2 aliphatic rings. The van der Waals surface area contributed by atoms with Gasteiger partial charge in [-0.25, -0.2) is 0 Å². The molecule has 2 heterocycles. The number of nitrogens with one attached hydrogen (secondary N) is 1. The first-order valence-corrected chi connectivity index (χ1v) is 13.5. The summed E-state index contributed by atoms with van der Waals surface area (Å²) in [6.45, 7) is 8.69. The van der Waals surface area contributed by atoms with Gasteiger partial charge in [0, 0.05) is 62.8 Å². The molecular formula is C31H36N4O4. The third kappa shape index (κ3) is 6.58. The van der Waals surface area contributed by atoms with E-state index in [1.807, 2.05) is 23.1 Å². The van der Waals surface area contributed by atoms with E-state index < -0.39 is 0 Å². The van der Waals surface area contributed by atoms with E-state index in [0.29, 0.717) is 48.9 Å². The first-order chi connectivity index (χ1) is 19.0. The molecule has 2 fully saturated rings. The molecule has 0 atom stereocenters. The summed E-state index contributed by atoms with van der Waals surface area (Å²) < 4.78 is 10.7. The Balaban J connectivity index is 1.34. The molecule has 0 spiro atoms. The zero-order valence-electron chi connectivity index (χ0n) is 22.7. The van der Waals surface area contributed by atoms with Gasteiger partial charge in [0.2, 0.25) is 0 Å². The minimum Gasteiger partial charge on any atom is -0.497 e. The van der Waals surface area contributed by atoms with Gasteiger partial charge in [-0.15, -0.1) is 0 Å². The van der Waals surface area contributed by atoms with Crippen LogP contribution in [0.4, 0.5) is 11.4 Å². The quantitative estimate of drug-likeness (QED) is 0.499. The van der Waals surface area contributed by atoms with Gasteiger partial charge in [-0.3, -0.25) is 14.5 Å². The van der Waals surface area contributed by atoms with Crippen LogP contribution in [0, 0.1) is 6.92 Å². The molecule has 0 aromatic heterocycles. The van der Waals surface area contributed by atoms with Crippen LogP contribution in [0.5, 0.6) is 5.75 Å². The number of benzene rings is 3. The maximum atomic E-state index is 13.7. The summed E-state index contributed by atoms with van der Waals surface area (Å²) >= 11 is 0. The molecule has 2 aliphatic heterocycles. The van der Waals surface area contributed by atoms with Crippen molar-refractivity contribution in [3.05, 3.63) is 89.0 Å². The van der Waals surface area contributed by atoms with Crippen LogP contribution in [0.3, 0.4) is 0 Å². The zero-order valence-corrected chi connectivity index (χ0v) is 22.7. The summed E-state index contributed by atoms with van der Waals surface area (Å²) in [5.41, 5.74) is 5.18. The average Bonchev–Trinajstić information content (AvgIpc) is 2.98. The Hall–Kier alpha value is -3.88. The lowest BCUT2D eigenvalue weighted by atomic mass is 10.1. The minimum absolute atomic E-state index is 0.0343. The van der Waals surface area contributed by atoms with Gasteiger partial charge in [0.25, 0.3) is 11.8 Å². The number of hydrogen-bond donors (Lipinski definition) is 1. The molecule has 8 nitrogen and oxygen atoms in total. The molecular weight excluding hydrogens is 492 g/mol. The first-order valence-electron chi connectivity index (χ1n) is 13.5. The number of carbonyl (C=O) groups excluding carboxylic acids is 2. The molecule has 2 saturated heterocycles. The van der Waals surface area contributed by atoms with Crippen molar-refractivity contribution >= 4 is 23.2 Å². The highest BCUT2D eigenvalue weighted by atomic mass is 16.5. The van der Waals surface area contributed by atoms with Gasteiger partial charge in [0.1, 0.15) is 5.75 Å². The largest absolute Gasteiger partial charge is 0.497 e. The molecule has 204 valence electrons. The van der Waals surface area contributed by atoms with Crippen molar-refractivity contribution in [3.63, 3.8) is 0 Å². The molecule has 8 heteroatoms. The lowest BCUT2D eigenvalue weighted by molar-refractivity contribution is 0.0303. The van der Waals surface area contributed by atoms with Gasteiger partial charge in [-0.1, -0.05) is 35.9 Å². The third-order valence-corrected chi connectivity index (χ3v) is 7.32. The van der Waals surface area contributed by atoms with E-state index in [4.69, 9.17) is 9.47 Å². The predicted octanol–water partition coefficient (Wildman–Crippen LogP) is 4.05. The summed E-state index contributed by atoms with van der Waals surface area (Å²) in [4.78, 5) is 33.2. The van der Waals surface area contributed by atoms with Crippen LogP contribution in [0.15, 0.2) is 66.7 Å². The number of amides is 2. The van der Waals surface area contributed by atoms with E-state index >= 15 is 0 Å². The monoisotopic (exact) mass is 528 g/mol. The van der Waals surface area contributed by atoms with Crippen molar-refractivity contribution < 1.29 is 19.1 Å². The van der Waals surface area contributed by atoms with Crippen molar-refractivity contribution in [3.8, 4) is 5.75 Å². The Kier molecular flexibility index (Phi) is 8.44. The second-order valence-corrected chi connectivity index (χ2v) is 10.1. The van der Waals surface area contributed by atoms with Gasteiger partial charge in [-0.2, -0.15) is 0 Å². The zero-order chi connectivity index (χ0) is 27.2. The highest BCUT2D eigenvalue weighted by Gasteiger charge is 2.26. The van der Waals surface area contributed by atoms with Crippen molar-refractivity contribution in [2.45, 2.75) is 13.5 Å². The Morgan fingerprint density at radius 1 is 0.897 bits per heavy atom. The number of methoxy groups -OCH3 is 1. The Morgan fingerprint density at radius 2 is 1.67 bits per heavy atom. The molecule has 2 amide bonds. The van der Waals surface area contributed by atoms with E-state index in [1.165, 1.54) is 11.1 Å². The van der Waals surface area contributed by atoms with Crippen LogP contribution in [0.1, 0.15) is 31.8 Å². The SMILES string of the molecule is COc1cccc(C(=O)Nc2ccc(N3CCN(Cc4cccc(C)c4)CC3)c(C(=O)N3CCOCC3)c2)c1. The van der Waals surface area contributed by atoms with Crippen LogP contribution in [-0.2, 0) is 11.3 Å². The van der Waals surface area contributed by atoms with Crippen LogP contribution >= 0.6 is 0 Å². The molecule has 0 radical (unpaired) electrons. The van der Waals surface area contributed by atoms with Gasteiger partial charge < -0.3 is 24.6 Å². The normalized spacial score (nSPS) is 16.2.